The van der Waals surface area contributed by atoms with Crippen LogP contribution in [0, 0.1) is 0 Å². The van der Waals surface area contributed by atoms with E-state index in [1.807, 2.05) is 60.7 Å². The molecule has 9 nitrogen and oxygen atoms in total. The maximum absolute atomic E-state index is 14.4. The maximum Gasteiger partial charge on any atom is 0.329 e. The number of ether oxygens (including phenoxy) is 1. The minimum atomic E-state index is -0.870. The van der Waals surface area contributed by atoms with Gasteiger partial charge in [0.15, 0.2) is 0 Å². The lowest BCUT2D eigenvalue weighted by atomic mass is 9.90. The third kappa shape index (κ3) is 9.03. The van der Waals surface area contributed by atoms with Crippen molar-refractivity contribution >= 4 is 45.5 Å². The monoisotopic (exact) mass is 729 g/mol. The van der Waals surface area contributed by atoms with E-state index in [0.717, 1.165) is 11.1 Å². The highest BCUT2D eigenvalue weighted by molar-refractivity contribution is 9.10. The maximum atomic E-state index is 14.4. The summed E-state index contributed by atoms with van der Waals surface area (Å²) < 4.78 is 5.83. The number of amides is 4. The van der Waals surface area contributed by atoms with E-state index in [4.69, 9.17) is 4.74 Å². The fourth-order valence-corrected chi connectivity index (χ4v) is 6.98. The highest BCUT2D eigenvalue weighted by atomic mass is 79.9. The van der Waals surface area contributed by atoms with Crippen molar-refractivity contribution in [3.63, 3.8) is 0 Å². The molecular weight excluding hydrogens is 686 g/mol. The number of fused-ring (bicyclic) bond motifs is 1. The lowest BCUT2D eigenvalue weighted by Gasteiger charge is -2.33. The molecule has 10 heteroatoms. The number of nitrogens with one attached hydrogen (secondary N) is 1. The highest BCUT2D eigenvalue weighted by Gasteiger charge is 2.41. The summed E-state index contributed by atoms with van der Waals surface area (Å²) in [5, 5.41) is 3.00. The normalized spacial score (nSPS) is 19.2. The molecule has 258 valence electrons. The van der Waals surface area contributed by atoms with E-state index in [0.29, 0.717) is 49.8 Å². The third-order valence-corrected chi connectivity index (χ3v) is 9.86. The molecule has 0 bridgehead atoms. The standard InChI is InChI=1S/C39H44BrN3O6/c1-39(2,3)49-38(48)33(24-26-14-6-4-7-15-26)42-23-21-28(27-16-8-5-9-17-27)25-32(37(42)47)41-34(44)31(40)20-12-13-22-43-35(45)29-18-10-11-19-30(29)36(43)46/h4-11,14-19,28,31-33H,12-13,20-25H2,1-3H3,(H,41,44). The number of nitrogens with zero attached hydrogens (tertiary/aromatic N) is 2. The van der Waals surface area contributed by atoms with Crippen LogP contribution in [-0.2, 0) is 25.5 Å². The minimum Gasteiger partial charge on any atom is -0.458 e. The number of benzene rings is 3. The van der Waals surface area contributed by atoms with Crippen LogP contribution in [0.5, 0.6) is 0 Å². The van der Waals surface area contributed by atoms with Crippen molar-refractivity contribution in [3.8, 4) is 0 Å². The van der Waals surface area contributed by atoms with Gasteiger partial charge in [-0.2, -0.15) is 0 Å². The SMILES string of the molecule is CC(C)(C)OC(=O)C(Cc1ccccc1)N1CCC(c2ccccc2)CC(NC(=O)C(Br)CCCCN2C(=O)c3ccccc3C2=O)C1=O. The summed E-state index contributed by atoms with van der Waals surface area (Å²) in [7, 11) is 0. The average molecular weight is 731 g/mol. The Morgan fingerprint density at radius 3 is 2.08 bits per heavy atom. The molecule has 2 aliphatic heterocycles. The second kappa shape index (κ2) is 15.9. The Morgan fingerprint density at radius 1 is 0.878 bits per heavy atom. The van der Waals surface area contributed by atoms with Gasteiger partial charge < -0.3 is 15.0 Å². The van der Waals surface area contributed by atoms with Gasteiger partial charge >= 0.3 is 5.97 Å². The average Bonchev–Trinajstić information content (AvgIpc) is 3.21. The van der Waals surface area contributed by atoms with Crippen LogP contribution in [0.2, 0.25) is 0 Å². The van der Waals surface area contributed by atoms with Gasteiger partial charge in [0.25, 0.3) is 11.8 Å². The Morgan fingerprint density at radius 2 is 1.47 bits per heavy atom. The Bertz CT molecular complexity index is 1620. The van der Waals surface area contributed by atoms with Gasteiger partial charge in [0.1, 0.15) is 17.7 Å². The number of carbonyl (C=O) groups is 5. The predicted molar refractivity (Wildman–Crippen MR) is 190 cm³/mol. The molecule has 4 unspecified atom stereocenters. The summed E-state index contributed by atoms with van der Waals surface area (Å²) in [5.74, 6) is -1.74. The fraction of sp³-hybridized carbons (Fsp3) is 0.410. The second-order valence-electron chi connectivity index (χ2n) is 13.7. The van der Waals surface area contributed by atoms with E-state index in [2.05, 4.69) is 21.2 Å². The van der Waals surface area contributed by atoms with Crippen molar-refractivity contribution < 1.29 is 28.7 Å². The van der Waals surface area contributed by atoms with Crippen molar-refractivity contribution in [2.24, 2.45) is 0 Å². The number of unbranched alkanes of at least 4 members (excludes halogenated alkanes) is 1. The molecule has 4 atom stereocenters. The van der Waals surface area contributed by atoms with Gasteiger partial charge in [0.05, 0.1) is 16.0 Å². The number of likely N-dealkylation sites (tertiary alicyclic amines) is 1. The van der Waals surface area contributed by atoms with Crippen LogP contribution in [0.4, 0.5) is 0 Å². The first-order chi connectivity index (χ1) is 23.4. The minimum absolute atomic E-state index is 0.0232. The molecule has 1 saturated heterocycles. The number of esters is 1. The van der Waals surface area contributed by atoms with E-state index in [9.17, 15) is 24.0 Å². The van der Waals surface area contributed by atoms with Gasteiger partial charge in [-0.3, -0.25) is 24.1 Å². The number of alkyl halides is 1. The van der Waals surface area contributed by atoms with Crippen LogP contribution >= 0.6 is 15.9 Å². The van der Waals surface area contributed by atoms with Crippen LogP contribution < -0.4 is 5.32 Å². The number of hydrogen-bond donors (Lipinski definition) is 1. The largest absolute Gasteiger partial charge is 0.458 e. The zero-order chi connectivity index (χ0) is 35.1. The molecule has 0 aromatic heterocycles. The first-order valence-electron chi connectivity index (χ1n) is 16.9. The molecule has 0 saturated carbocycles. The summed E-state index contributed by atoms with van der Waals surface area (Å²) >= 11 is 3.52. The number of rotatable bonds is 12. The highest BCUT2D eigenvalue weighted by Crippen LogP contribution is 2.31. The molecule has 0 radical (unpaired) electrons. The van der Waals surface area contributed by atoms with Gasteiger partial charge in [0.2, 0.25) is 11.8 Å². The van der Waals surface area contributed by atoms with Crippen LogP contribution in [-0.4, -0.2) is 75.0 Å². The quantitative estimate of drug-likeness (QED) is 0.105. The summed E-state index contributed by atoms with van der Waals surface area (Å²) in [6.07, 6.45) is 2.83. The molecule has 5 rings (SSSR count). The molecule has 2 aliphatic rings. The van der Waals surface area contributed by atoms with E-state index >= 15 is 0 Å². The Balaban J connectivity index is 1.28. The smallest absolute Gasteiger partial charge is 0.329 e. The molecule has 0 spiro atoms. The van der Waals surface area contributed by atoms with Crippen molar-refractivity contribution in [1.82, 2.24) is 15.1 Å². The number of halogens is 1. The second-order valence-corrected chi connectivity index (χ2v) is 14.8. The molecule has 1 N–H and O–H groups in total. The Hall–Kier alpha value is -4.31. The van der Waals surface area contributed by atoms with Gasteiger partial charge in [-0.25, -0.2) is 4.79 Å². The first kappa shape index (κ1) is 36.0. The predicted octanol–water partition coefficient (Wildman–Crippen LogP) is 6.06. The summed E-state index contributed by atoms with van der Waals surface area (Å²) in [6.45, 7) is 6.00. The molecule has 2 heterocycles. The van der Waals surface area contributed by atoms with Crippen LogP contribution in [0.25, 0.3) is 0 Å². The summed E-state index contributed by atoms with van der Waals surface area (Å²) in [6, 6.07) is 24.5. The van der Waals surface area contributed by atoms with E-state index in [1.165, 1.54) is 4.90 Å². The number of hydrogen-bond acceptors (Lipinski definition) is 6. The fourth-order valence-electron chi connectivity index (χ4n) is 6.52. The van der Waals surface area contributed by atoms with E-state index in [1.54, 1.807) is 49.9 Å². The van der Waals surface area contributed by atoms with Crippen molar-refractivity contribution in [2.75, 3.05) is 13.1 Å². The van der Waals surface area contributed by atoms with Gasteiger partial charge in [0, 0.05) is 19.5 Å². The third-order valence-electron chi connectivity index (χ3n) is 8.99. The zero-order valence-corrected chi connectivity index (χ0v) is 29.9. The topological polar surface area (TPSA) is 113 Å². The Kier molecular flexibility index (Phi) is 11.7. The van der Waals surface area contributed by atoms with Crippen molar-refractivity contribution in [2.45, 2.75) is 87.7 Å². The molecule has 3 aromatic rings. The first-order valence-corrected chi connectivity index (χ1v) is 17.9. The number of imide groups is 1. The molecule has 49 heavy (non-hydrogen) atoms. The molecule has 3 aromatic carbocycles. The van der Waals surface area contributed by atoms with Crippen LogP contribution in [0.3, 0.4) is 0 Å². The van der Waals surface area contributed by atoms with Gasteiger partial charge in [-0.15, -0.1) is 0 Å². The Labute approximate surface area is 296 Å². The van der Waals surface area contributed by atoms with Crippen molar-refractivity contribution in [1.29, 1.82) is 0 Å². The lowest BCUT2D eigenvalue weighted by Crippen LogP contribution is -2.55. The lowest BCUT2D eigenvalue weighted by molar-refractivity contribution is -0.165. The zero-order valence-electron chi connectivity index (χ0n) is 28.3. The van der Waals surface area contributed by atoms with E-state index < -0.39 is 28.5 Å². The molecule has 4 amide bonds. The summed E-state index contributed by atoms with van der Waals surface area (Å²) in [5.41, 5.74) is 2.05. The van der Waals surface area contributed by atoms with Gasteiger partial charge in [-0.05, 0) is 75.6 Å². The van der Waals surface area contributed by atoms with Crippen LogP contribution in [0.15, 0.2) is 84.9 Å². The molecule has 0 aliphatic carbocycles. The van der Waals surface area contributed by atoms with Crippen molar-refractivity contribution in [3.05, 3.63) is 107 Å². The summed E-state index contributed by atoms with van der Waals surface area (Å²) in [4.78, 5) is 69.3. The van der Waals surface area contributed by atoms with E-state index in [-0.39, 0.29) is 42.5 Å². The molecular formula is C39H44BrN3O6. The van der Waals surface area contributed by atoms with Crippen LogP contribution in [0.1, 0.15) is 90.6 Å². The van der Waals surface area contributed by atoms with Gasteiger partial charge in [-0.1, -0.05) is 95.1 Å². The number of carbonyl (C=O) groups excluding carboxylic acids is 5. The molecule has 1 fully saturated rings.